The van der Waals surface area contributed by atoms with E-state index < -0.39 is 22.5 Å². The monoisotopic (exact) mass is 376 g/mol. The van der Waals surface area contributed by atoms with E-state index in [0.29, 0.717) is 23.1 Å². The van der Waals surface area contributed by atoms with E-state index in [1.165, 1.54) is 12.1 Å². The topological polar surface area (TPSA) is 81.4 Å². The average Bonchev–Trinajstić information content (AvgIpc) is 3.40. The van der Waals surface area contributed by atoms with Gasteiger partial charge in [-0.2, -0.15) is 0 Å². The van der Waals surface area contributed by atoms with Crippen LogP contribution in [0, 0.1) is 18.7 Å². The molecule has 1 aliphatic rings. The lowest BCUT2D eigenvalue weighted by Crippen LogP contribution is -2.15. The lowest BCUT2D eigenvalue weighted by atomic mass is 10.1. The minimum Gasteiger partial charge on any atom is -0.488 e. The van der Waals surface area contributed by atoms with Crippen molar-refractivity contribution in [2.45, 2.75) is 24.7 Å². The van der Waals surface area contributed by atoms with Crippen molar-refractivity contribution in [3.05, 3.63) is 47.3 Å². The molecule has 1 aliphatic carbocycles. The van der Waals surface area contributed by atoms with Gasteiger partial charge in [-0.15, -0.1) is 0 Å². The van der Waals surface area contributed by atoms with Crippen LogP contribution < -0.4 is 15.8 Å². The predicted octanol–water partition coefficient (Wildman–Crippen LogP) is 3.50. The Kier molecular flexibility index (Phi) is 5.27. The number of amides is 1. The molecular weight excluding hydrogens is 355 g/mol. The van der Waals surface area contributed by atoms with Gasteiger partial charge in [0.15, 0.2) is 11.6 Å². The maximum atomic E-state index is 14.4. The van der Waals surface area contributed by atoms with Crippen molar-refractivity contribution < 1.29 is 18.1 Å². The van der Waals surface area contributed by atoms with Crippen molar-refractivity contribution in [3.63, 3.8) is 0 Å². The van der Waals surface area contributed by atoms with Crippen LogP contribution in [0.2, 0.25) is 0 Å². The molecule has 0 bridgehead atoms. The zero-order valence-electron chi connectivity index (χ0n) is 14.7. The van der Waals surface area contributed by atoms with E-state index in [-0.39, 0.29) is 17.0 Å². The molecule has 1 unspecified atom stereocenters. The molecule has 7 heteroatoms. The normalized spacial score (nSPS) is 14.7. The molecule has 3 N–H and O–H groups in total. The number of benzene rings is 2. The number of carbonyl (C=O) groups excluding carboxylic acids is 1. The molecule has 0 aromatic heterocycles. The molecule has 138 valence electrons. The van der Waals surface area contributed by atoms with Crippen LogP contribution in [-0.4, -0.2) is 23.0 Å². The van der Waals surface area contributed by atoms with Crippen LogP contribution in [0.5, 0.6) is 5.75 Å². The molecule has 0 spiro atoms. The van der Waals surface area contributed by atoms with Crippen molar-refractivity contribution in [2.24, 2.45) is 11.7 Å². The maximum Gasteiger partial charge on any atom is 0.250 e. The molecule has 0 heterocycles. The number of primary amides is 1. The Hall–Kier alpha value is -2.41. The van der Waals surface area contributed by atoms with Gasteiger partial charge in [0.25, 0.3) is 5.91 Å². The number of hydrogen-bond acceptors (Lipinski definition) is 4. The summed E-state index contributed by atoms with van der Waals surface area (Å²) in [6, 6.07) is 7.77. The van der Waals surface area contributed by atoms with Crippen LogP contribution in [0.1, 0.15) is 28.8 Å². The van der Waals surface area contributed by atoms with Gasteiger partial charge in [0, 0.05) is 27.6 Å². The van der Waals surface area contributed by atoms with Gasteiger partial charge in [-0.05, 0) is 61.6 Å². The van der Waals surface area contributed by atoms with Gasteiger partial charge < -0.3 is 15.8 Å². The number of ether oxygens (including phenoxy) is 1. The van der Waals surface area contributed by atoms with Crippen LogP contribution in [0.25, 0.3) is 0 Å². The third-order valence-electron chi connectivity index (χ3n) is 4.32. The van der Waals surface area contributed by atoms with E-state index >= 15 is 0 Å². The minimum absolute atomic E-state index is 0.00394. The number of nitrogens with two attached hydrogens (primary N) is 1. The minimum atomic E-state index is -1.10. The van der Waals surface area contributed by atoms with Crippen LogP contribution in [0.3, 0.4) is 0 Å². The highest BCUT2D eigenvalue weighted by Gasteiger charge is 2.25. The Morgan fingerprint density at radius 3 is 2.65 bits per heavy atom. The summed E-state index contributed by atoms with van der Waals surface area (Å²) in [4.78, 5) is 12.5. The average molecular weight is 376 g/mol. The van der Waals surface area contributed by atoms with E-state index in [2.05, 4.69) is 5.32 Å². The van der Waals surface area contributed by atoms with Gasteiger partial charge >= 0.3 is 0 Å². The lowest BCUT2D eigenvalue weighted by Gasteiger charge is -2.18. The summed E-state index contributed by atoms with van der Waals surface area (Å²) in [6.07, 6.45) is 3.73. The predicted molar refractivity (Wildman–Crippen MR) is 99.9 cm³/mol. The Morgan fingerprint density at radius 1 is 1.35 bits per heavy atom. The first-order valence-electron chi connectivity index (χ1n) is 8.33. The molecule has 26 heavy (non-hydrogen) atoms. The number of carbonyl (C=O) groups is 1. The Morgan fingerprint density at radius 2 is 2.08 bits per heavy atom. The molecule has 5 nitrogen and oxygen atoms in total. The standard InChI is InChI=1S/C19H21FN2O3S/c1-11-9-13(26(2)24)5-8-16(11)22-17-14(19(21)23)6-7-15(20)18(17)25-10-12-3-4-12/h5-9,12,22H,3-4,10H2,1-2H3,(H2,21,23). The molecule has 1 amide bonds. The fourth-order valence-corrected chi connectivity index (χ4v) is 3.21. The molecule has 2 aromatic carbocycles. The Labute approximate surface area is 154 Å². The number of halogens is 1. The summed E-state index contributed by atoms with van der Waals surface area (Å²) < 4.78 is 31.7. The zero-order valence-corrected chi connectivity index (χ0v) is 15.5. The second kappa shape index (κ2) is 7.45. The number of aryl methyl sites for hydroxylation is 1. The molecule has 0 radical (unpaired) electrons. The van der Waals surface area contributed by atoms with Gasteiger partial charge in [-0.25, -0.2) is 4.39 Å². The van der Waals surface area contributed by atoms with Gasteiger partial charge in [-0.3, -0.25) is 9.00 Å². The number of nitrogens with one attached hydrogen (secondary N) is 1. The SMILES string of the molecule is Cc1cc(S(C)=O)ccc1Nc1c(C(N)=O)ccc(F)c1OCC1CC1. The van der Waals surface area contributed by atoms with Crippen LogP contribution in [0.15, 0.2) is 35.2 Å². The highest BCUT2D eigenvalue weighted by Crippen LogP contribution is 2.37. The van der Waals surface area contributed by atoms with Crippen molar-refractivity contribution in [2.75, 3.05) is 18.2 Å². The summed E-state index contributed by atoms with van der Waals surface area (Å²) in [6.45, 7) is 2.24. The first-order valence-corrected chi connectivity index (χ1v) is 9.89. The first kappa shape index (κ1) is 18.4. The van der Waals surface area contributed by atoms with Crippen LogP contribution in [0.4, 0.5) is 15.8 Å². The van der Waals surface area contributed by atoms with E-state index in [4.69, 9.17) is 10.5 Å². The molecule has 2 aromatic rings. The molecular formula is C19H21FN2O3S. The molecule has 0 aliphatic heterocycles. The smallest absolute Gasteiger partial charge is 0.250 e. The first-order chi connectivity index (χ1) is 12.4. The van der Waals surface area contributed by atoms with Gasteiger partial charge in [0.05, 0.1) is 17.9 Å². The van der Waals surface area contributed by atoms with E-state index in [1.54, 1.807) is 24.5 Å². The molecule has 3 rings (SSSR count). The van der Waals surface area contributed by atoms with Crippen molar-refractivity contribution in [1.29, 1.82) is 0 Å². The number of hydrogen-bond donors (Lipinski definition) is 2. The summed E-state index contributed by atoms with van der Waals surface area (Å²) in [5.41, 5.74) is 7.29. The fourth-order valence-electron chi connectivity index (χ4n) is 2.60. The highest BCUT2D eigenvalue weighted by atomic mass is 32.2. The molecule has 0 saturated heterocycles. The third kappa shape index (κ3) is 4.04. The Balaban J connectivity index is 2.00. The van der Waals surface area contributed by atoms with Crippen molar-refractivity contribution in [3.8, 4) is 5.75 Å². The highest BCUT2D eigenvalue weighted by molar-refractivity contribution is 7.84. The molecule has 1 atom stereocenters. The summed E-state index contributed by atoms with van der Waals surface area (Å²) in [5.74, 6) is -0.800. The summed E-state index contributed by atoms with van der Waals surface area (Å²) >= 11 is 0. The third-order valence-corrected chi connectivity index (χ3v) is 5.24. The number of rotatable bonds is 7. The van der Waals surface area contributed by atoms with Crippen molar-refractivity contribution in [1.82, 2.24) is 0 Å². The van der Waals surface area contributed by atoms with Gasteiger partial charge in [0.1, 0.15) is 0 Å². The largest absolute Gasteiger partial charge is 0.488 e. The second-order valence-electron chi connectivity index (χ2n) is 6.47. The summed E-state index contributed by atoms with van der Waals surface area (Å²) in [5, 5.41) is 3.08. The van der Waals surface area contributed by atoms with E-state index in [0.717, 1.165) is 18.4 Å². The summed E-state index contributed by atoms with van der Waals surface area (Å²) in [7, 11) is -1.10. The van der Waals surface area contributed by atoms with Crippen LogP contribution >= 0.6 is 0 Å². The van der Waals surface area contributed by atoms with Crippen LogP contribution in [-0.2, 0) is 10.8 Å². The van der Waals surface area contributed by atoms with E-state index in [9.17, 15) is 13.4 Å². The van der Waals surface area contributed by atoms with Crippen molar-refractivity contribution >= 4 is 28.1 Å². The van der Waals surface area contributed by atoms with Gasteiger partial charge in [-0.1, -0.05) is 0 Å². The number of anilines is 2. The molecule has 1 saturated carbocycles. The fraction of sp³-hybridized carbons (Fsp3) is 0.316. The lowest BCUT2D eigenvalue weighted by molar-refractivity contribution is 0.100. The van der Waals surface area contributed by atoms with Gasteiger partial charge in [0.2, 0.25) is 0 Å². The molecule has 1 fully saturated rings. The Bertz CT molecular complexity index is 881. The zero-order chi connectivity index (χ0) is 18.8. The second-order valence-corrected chi connectivity index (χ2v) is 7.85. The van der Waals surface area contributed by atoms with E-state index in [1.807, 2.05) is 6.92 Å². The maximum absolute atomic E-state index is 14.4. The quantitative estimate of drug-likeness (QED) is 0.775.